The summed E-state index contributed by atoms with van der Waals surface area (Å²) in [5, 5.41) is 0. The Kier molecular flexibility index (Phi) is 6.12. The predicted molar refractivity (Wildman–Crippen MR) is 126 cm³/mol. The second kappa shape index (κ2) is 9.16. The molecule has 1 aliphatic heterocycles. The van der Waals surface area contributed by atoms with Gasteiger partial charge in [0, 0.05) is 43.8 Å². The SMILES string of the molecule is Cc1nc(-c2cccnc2OC(F)F)c2n1CCN(c1ccc(-c3nc(C(F)(F)F)cn3C)cc1)[C@H]2C. The third-order valence-corrected chi connectivity index (χ3v) is 6.48. The van der Waals surface area contributed by atoms with Crippen molar-refractivity contribution < 1.29 is 26.7 Å². The molecule has 37 heavy (non-hydrogen) atoms. The van der Waals surface area contributed by atoms with Crippen molar-refractivity contribution in [2.45, 2.75) is 39.2 Å². The fraction of sp³-hybridized carbons (Fsp3) is 0.320. The highest BCUT2D eigenvalue weighted by atomic mass is 19.4. The number of imidazole rings is 2. The van der Waals surface area contributed by atoms with E-state index in [0.29, 0.717) is 29.9 Å². The van der Waals surface area contributed by atoms with Crippen LogP contribution in [0.3, 0.4) is 0 Å². The maximum absolute atomic E-state index is 13.1. The minimum Gasteiger partial charge on any atom is -0.416 e. The first-order valence-corrected chi connectivity index (χ1v) is 11.5. The molecule has 0 saturated heterocycles. The summed E-state index contributed by atoms with van der Waals surface area (Å²) in [6, 6.07) is 10.2. The van der Waals surface area contributed by atoms with Crippen molar-refractivity contribution >= 4 is 5.69 Å². The minimum atomic E-state index is -4.52. The van der Waals surface area contributed by atoms with Crippen molar-refractivity contribution in [1.82, 2.24) is 24.1 Å². The highest BCUT2D eigenvalue weighted by molar-refractivity contribution is 5.70. The zero-order chi connectivity index (χ0) is 26.5. The first-order chi connectivity index (χ1) is 17.5. The number of aromatic nitrogens is 5. The number of fused-ring (bicyclic) bond motifs is 1. The Balaban J connectivity index is 1.48. The largest absolute Gasteiger partial charge is 0.434 e. The molecule has 0 spiro atoms. The first kappa shape index (κ1) is 24.7. The van der Waals surface area contributed by atoms with E-state index in [9.17, 15) is 22.0 Å². The molecule has 1 atom stereocenters. The fourth-order valence-corrected chi connectivity index (χ4v) is 4.81. The van der Waals surface area contributed by atoms with Crippen LogP contribution in [0.15, 0.2) is 48.8 Å². The summed E-state index contributed by atoms with van der Waals surface area (Å²) >= 11 is 0. The van der Waals surface area contributed by atoms with E-state index >= 15 is 0 Å². The second-order valence-electron chi connectivity index (χ2n) is 8.75. The number of pyridine rings is 1. The number of anilines is 1. The molecule has 4 aromatic rings. The number of ether oxygens (including phenoxy) is 1. The molecular weight excluding hydrogens is 495 g/mol. The summed E-state index contributed by atoms with van der Waals surface area (Å²) in [5.41, 5.74) is 2.19. The van der Waals surface area contributed by atoms with Crippen LogP contribution in [-0.2, 0) is 19.8 Å². The van der Waals surface area contributed by atoms with E-state index in [-0.39, 0.29) is 17.7 Å². The normalized spacial score (nSPS) is 15.8. The van der Waals surface area contributed by atoms with Gasteiger partial charge in [0.05, 0.1) is 23.0 Å². The lowest BCUT2D eigenvalue weighted by molar-refractivity contribution is -0.140. The van der Waals surface area contributed by atoms with Gasteiger partial charge in [-0.25, -0.2) is 15.0 Å². The smallest absolute Gasteiger partial charge is 0.416 e. The molecule has 0 fully saturated rings. The van der Waals surface area contributed by atoms with Crippen LogP contribution < -0.4 is 9.64 Å². The average molecular weight is 518 g/mol. The molecule has 1 aliphatic rings. The van der Waals surface area contributed by atoms with E-state index in [1.54, 1.807) is 24.3 Å². The van der Waals surface area contributed by atoms with Gasteiger partial charge in [-0.3, -0.25) is 0 Å². The van der Waals surface area contributed by atoms with Crippen LogP contribution in [-0.4, -0.2) is 37.2 Å². The number of benzene rings is 1. The van der Waals surface area contributed by atoms with Crippen LogP contribution in [0.25, 0.3) is 22.6 Å². The summed E-state index contributed by atoms with van der Waals surface area (Å²) in [4.78, 5) is 14.5. The Morgan fingerprint density at radius 2 is 1.78 bits per heavy atom. The first-order valence-electron chi connectivity index (χ1n) is 11.5. The number of nitrogens with zero attached hydrogens (tertiary/aromatic N) is 6. The van der Waals surface area contributed by atoms with Gasteiger partial charge in [0.2, 0.25) is 5.88 Å². The van der Waals surface area contributed by atoms with Crippen LogP contribution in [0.4, 0.5) is 27.6 Å². The van der Waals surface area contributed by atoms with Crippen molar-refractivity contribution in [2.24, 2.45) is 7.05 Å². The number of halogens is 5. The molecule has 0 N–H and O–H groups in total. The van der Waals surface area contributed by atoms with E-state index in [1.165, 1.54) is 17.8 Å². The lowest BCUT2D eigenvalue weighted by atomic mass is 10.0. The summed E-state index contributed by atoms with van der Waals surface area (Å²) in [6.07, 6.45) is -2.18. The maximum atomic E-state index is 13.1. The number of hydrogen-bond donors (Lipinski definition) is 0. The third-order valence-electron chi connectivity index (χ3n) is 6.48. The molecule has 3 aromatic heterocycles. The molecule has 1 aromatic carbocycles. The molecule has 12 heteroatoms. The summed E-state index contributed by atoms with van der Waals surface area (Å²) < 4.78 is 73.3. The summed E-state index contributed by atoms with van der Waals surface area (Å²) in [7, 11) is 1.52. The van der Waals surface area contributed by atoms with Gasteiger partial charge in [0.15, 0.2) is 5.69 Å². The van der Waals surface area contributed by atoms with Gasteiger partial charge < -0.3 is 18.8 Å². The van der Waals surface area contributed by atoms with E-state index in [1.807, 2.05) is 26.0 Å². The highest BCUT2D eigenvalue weighted by Crippen LogP contribution is 2.40. The molecule has 7 nitrogen and oxygen atoms in total. The van der Waals surface area contributed by atoms with Crippen molar-refractivity contribution in [3.63, 3.8) is 0 Å². The van der Waals surface area contributed by atoms with Crippen LogP contribution in [0.2, 0.25) is 0 Å². The van der Waals surface area contributed by atoms with Gasteiger partial charge in [-0.05, 0) is 50.2 Å². The van der Waals surface area contributed by atoms with Gasteiger partial charge in [0.1, 0.15) is 11.6 Å². The molecule has 0 radical (unpaired) electrons. The Hall–Kier alpha value is -3.96. The molecule has 4 heterocycles. The van der Waals surface area contributed by atoms with Gasteiger partial charge >= 0.3 is 12.8 Å². The van der Waals surface area contributed by atoms with Gasteiger partial charge in [-0.1, -0.05) is 0 Å². The number of hydrogen-bond acceptors (Lipinski definition) is 5. The molecule has 0 saturated carbocycles. The van der Waals surface area contributed by atoms with E-state index in [2.05, 4.69) is 29.2 Å². The summed E-state index contributed by atoms with van der Waals surface area (Å²) in [5.74, 6) is 0.763. The van der Waals surface area contributed by atoms with Crippen molar-refractivity contribution in [2.75, 3.05) is 11.4 Å². The second-order valence-corrected chi connectivity index (χ2v) is 8.75. The molecule has 0 unspecified atom stereocenters. The standard InChI is InChI=1S/C25H23F5N6O/c1-14-21-20(18-5-4-10-31-23(18)37-24(26)27)32-15(2)36(21)12-11-35(14)17-8-6-16(7-9-17)22-33-19(13-34(22)3)25(28,29)30/h4-10,13-14,24H,11-12H2,1-3H3/t14-/m0/s1. The van der Waals surface area contributed by atoms with Crippen molar-refractivity contribution in [1.29, 1.82) is 0 Å². The zero-order valence-electron chi connectivity index (χ0n) is 20.2. The lowest BCUT2D eigenvalue weighted by Crippen LogP contribution is -2.37. The Bertz CT molecular complexity index is 1430. The van der Waals surface area contributed by atoms with E-state index < -0.39 is 18.5 Å². The number of rotatable bonds is 5. The van der Waals surface area contributed by atoms with Gasteiger partial charge in [0.25, 0.3) is 0 Å². The highest BCUT2D eigenvalue weighted by Gasteiger charge is 2.35. The van der Waals surface area contributed by atoms with Crippen molar-refractivity contribution in [3.05, 3.63) is 66.0 Å². The number of aryl methyl sites for hydroxylation is 2. The predicted octanol–water partition coefficient (Wildman–Crippen LogP) is 5.86. The minimum absolute atomic E-state index is 0.194. The molecule has 0 aliphatic carbocycles. The van der Waals surface area contributed by atoms with Crippen LogP contribution in [0.5, 0.6) is 5.88 Å². The van der Waals surface area contributed by atoms with Crippen LogP contribution in [0, 0.1) is 6.92 Å². The quantitative estimate of drug-likeness (QED) is 0.310. The molecular formula is C25H23F5N6O. The zero-order valence-corrected chi connectivity index (χ0v) is 20.2. The Morgan fingerprint density at radius 1 is 1.05 bits per heavy atom. The average Bonchev–Trinajstić information content (AvgIpc) is 3.40. The molecule has 0 bridgehead atoms. The molecule has 194 valence electrons. The monoisotopic (exact) mass is 518 g/mol. The Labute approximate surface area is 209 Å². The molecule has 5 rings (SSSR count). The maximum Gasteiger partial charge on any atom is 0.434 e. The van der Waals surface area contributed by atoms with E-state index in [0.717, 1.165) is 23.4 Å². The van der Waals surface area contributed by atoms with Crippen LogP contribution >= 0.6 is 0 Å². The van der Waals surface area contributed by atoms with E-state index in [4.69, 9.17) is 0 Å². The van der Waals surface area contributed by atoms with Crippen LogP contribution in [0.1, 0.15) is 30.2 Å². The number of alkyl halides is 5. The fourth-order valence-electron chi connectivity index (χ4n) is 4.81. The topological polar surface area (TPSA) is 61.0 Å². The Morgan fingerprint density at radius 3 is 2.43 bits per heavy atom. The lowest BCUT2D eigenvalue weighted by Gasteiger charge is -2.37. The summed E-state index contributed by atoms with van der Waals surface area (Å²) in [6.45, 7) is 2.09. The van der Waals surface area contributed by atoms with Crippen molar-refractivity contribution in [3.8, 4) is 28.5 Å². The third kappa shape index (κ3) is 4.51. The van der Waals surface area contributed by atoms with Gasteiger partial charge in [-0.15, -0.1) is 0 Å². The van der Waals surface area contributed by atoms with Gasteiger partial charge in [-0.2, -0.15) is 22.0 Å². The molecule has 0 amide bonds.